The molecule has 0 aliphatic heterocycles. The van der Waals surface area contributed by atoms with Gasteiger partial charge in [0, 0.05) is 201 Å². The molecule has 712 valence electrons. The summed E-state index contributed by atoms with van der Waals surface area (Å²) in [5, 5.41) is 14.3. The highest BCUT2D eigenvalue weighted by molar-refractivity contribution is 7.11. The first-order chi connectivity index (χ1) is 64.4. The number of carbonyl (C=O) groups is 6. The number of nitrogens with zero attached hydrogens (tertiary/aromatic N) is 9. The van der Waals surface area contributed by atoms with Gasteiger partial charge in [-0.25, -0.2) is 24.9 Å². The normalized spacial score (nSPS) is 23.7. The summed E-state index contributed by atoms with van der Waals surface area (Å²) in [4.78, 5) is 126. The third-order valence-electron chi connectivity index (χ3n) is 30.5. The Morgan fingerprint density at radius 3 is 0.978 bits per heavy atom. The fraction of sp³-hybridized carbons (Fsp3) is 0.460. The number of Topliss-reactive ketones (excluding diaryl/α,β-unsaturated/α-hetero) is 5. The summed E-state index contributed by atoms with van der Waals surface area (Å²) in [6.45, 7) is 34.3. The Bertz CT molecular complexity index is 6600. The number of non-ortho nitro benzene ring substituents is 1. The van der Waals surface area contributed by atoms with Crippen molar-refractivity contribution in [3.05, 3.63) is 295 Å². The van der Waals surface area contributed by atoms with Crippen LogP contribution in [0.4, 0.5) is 28.4 Å². The van der Waals surface area contributed by atoms with Crippen LogP contribution in [0, 0.1) is 37.2 Å². The molecule has 0 saturated carbocycles. The summed E-state index contributed by atoms with van der Waals surface area (Å²) in [5.74, 6) is 1.33. The molecule has 1 N–H and O–H groups in total. The molecule has 0 bridgehead atoms. The zero-order valence-corrected chi connectivity index (χ0v) is 87.5. The molecule has 5 aromatic carbocycles. The Morgan fingerprint density at radius 2 is 0.654 bits per heavy atom. The lowest BCUT2D eigenvalue weighted by atomic mass is 9.58. The average Bonchev–Trinajstić information content (AvgIpc) is 1.23. The van der Waals surface area contributed by atoms with Crippen molar-refractivity contribution >= 4 is 120 Å². The second-order valence-electron chi connectivity index (χ2n) is 43.8. The Balaban J connectivity index is 0.000000123. The van der Waals surface area contributed by atoms with Crippen LogP contribution in [0.2, 0.25) is 0 Å². The maximum Gasteiger partial charge on any atom is 0.269 e. The van der Waals surface area contributed by atoms with Crippen molar-refractivity contribution in [2.45, 2.75) is 266 Å². The maximum atomic E-state index is 13.5. The monoisotopic (exact) mass is 1920 g/mol. The van der Waals surface area contributed by atoms with E-state index < -0.39 is 10.8 Å². The summed E-state index contributed by atoms with van der Waals surface area (Å²) in [5.41, 5.74) is 34.4. The van der Waals surface area contributed by atoms with Gasteiger partial charge in [-0.05, 0) is 162 Å². The standard InChI is InChI=1S/C23H26N2O2S.3C23H28N2OS.C21H22N2O3S/c1-5-23(16-7-6-8-17(10-16)25-14(2)26)20-15(9-18-21(23)28-13-24-18)11-22(3,4)12-19(20)27;1-6-23(16-7-9-17(10-8-16)25(4)5)20-15(11-18-21(23)27-14-24-18)12-22(2,3)13-19(20)26;1-6-23(16-8-7-9-17(11-16)25(4)5)20-15(10-18-21(23)27-14-24-18)12-22(2,3)13-19(20)26;1-6-23(16-9-7-8-10-18(16)25(4)5)20-15(11-17-21(23)27-14-24-17)12-22(2,3)13-19(20)26;1-4-21(14-6-5-7-15(9-14)23(25)26)18-13(8-16-19(21)27-12-22-16)10-20(2,3)11-17(18)24/h6-8,10,13H,5,9,11-12H2,1-4H3,(H,25,26);7-10,14H,6,11-13H2,1-5H3;7-9,11,14H,6,10,12-13H2,1-5H3;7-10,14H,6,11-13H2,1-5H3;5-7,9,12H,4,8,10-11H2,1-3H3. The van der Waals surface area contributed by atoms with E-state index in [-0.39, 0.29) is 71.4 Å². The number of benzene rings is 5. The molecule has 10 aliphatic rings. The van der Waals surface area contributed by atoms with Crippen LogP contribution in [-0.2, 0) is 87.9 Å². The summed E-state index contributed by atoms with van der Waals surface area (Å²) in [6.07, 6.45) is 15.8. The van der Waals surface area contributed by atoms with Gasteiger partial charge in [-0.2, -0.15) is 0 Å². The van der Waals surface area contributed by atoms with Crippen molar-refractivity contribution in [3.8, 4) is 0 Å². The van der Waals surface area contributed by atoms with Crippen molar-refractivity contribution < 1.29 is 33.7 Å². The number of anilines is 4. The fourth-order valence-corrected chi connectivity index (χ4v) is 30.9. The smallest absolute Gasteiger partial charge is 0.269 e. The number of para-hydroxylation sites is 1. The lowest BCUT2D eigenvalue weighted by Gasteiger charge is -2.45. The number of nitro groups is 1. The van der Waals surface area contributed by atoms with Crippen LogP contribution in [0.1, 0.15) is 288 Å². The summed E-state index contributed by atoms with van der Waals surface area (Å²) in [7, 11) is 12.4. The Kier molecular flexibility index (Phi) is 27.1. The predicted octanol–water partition coefficient (Wildman–Crippen LogP) is 25.5. The molecule has 23 heteroatoms. The second-order valence-corrected chi connectivity index (χ2v) is 48.1. The Morgan fingerprint density at radius 1 is 0.353 bits per heavy atom. The van der Waals surface area contributed by atoms with Crippen molar-refractivity contribution in [1.82, 2.24) is 24.9 Å². The quantitative estimate of drug-likeness (QED) is 0.0742. The lowest BCUT2D eigenvalue weighted by Crippen LogP contribution is -2.42. The van der Waals surface area contributed by atoms with Crippen molar-refractivity contribution in [1.29, 1.82) is 0 Å². The van der Waals surface area contributed by atoms with E-state index in [0.717, 1.165) is 150 Å². The number of fused-ring (bicyclic) bond motifs is 5. The van der Waals surface area contributed by atoms with E-state index in [0.29, 0.717) is 62.3 Å². The van der Waals surface area contributed by atoms with Gasteiger partial charge in [0.1, 0.15) is 0 Å². The minimum Gasteiger partial charge on any atom is -0.378 e. The average molecular weight is 1920 g/mol. The fourth-order valence-electron chi connectivity index (χ4n) is 25.3. The maximum absolute atomic E-state index is 13.5. The van der Waals surface area contributed by atoms with E-state index >= 15 is 0 Å². The van der Waals surface area contributed by atoms with Crippen LogP contribution >= 0.6 is 56.7 Å². The van der Waals surface area contributed by atoms with E-state index in [1.165, 1.54) is 106 Å². The van der Waals surface area contributed by atoms with Gasteiger partial charge in [-0.15, -0.1) is 56.7 Å². The van der Waals surface area contributed by atoms with Gasteiger partial charge in [-0.1, -0.05) is 198 Å². The molecule has 5 heterocycles. The SMILES string of the molecule is CCC1(c2ccc(N(C)C)cc2)C2=C(Cc3ncsc31)CC(C)(C)CC2=O.CCC1(c2cccc(N(C)C)c2)C2=C(Cc3ncsc31)CC(C)(C)CC2=O.CCC1(c2cccc(NC(C)=O)c2)C2=C(Cc3ncsc31)CC(C)(C)CC2=O.CCC1(c2cccc([N+](=O)[O-])c2)C2=C(Cc3ncsc31)CC(C)(C)CC2=O.CCC1(c2ccccc2N(C)C)C2=C(Cc3ncsc31)CC(C)(C)CC2=O. The van der Waals surface area contributed by atoms with Crippen LogP contribution in [0.25, 0.3) is 0 Å². The van der Waals surface area contributed by atoms with Crippen LogP contribution in [0.5, 0.6) is 0 Å². The van der Waals surface area contributed by atoms with E-state index in [9.17, 15) is 38.9 Å². The molecule has 10 aromatic rings. The van der Waals surface area contributed by atoms with Gasteiger partial charge in [0.25, 0.3) is 5.69 Å². The van der Waals surface area contributed by atoms with Gasteiger partial charge < -0.3 is 20.0 Å². The number of hydrogen-bond donors (Lipinski definition) is 1. The summed E-state index contributed by atoms with van der Waals surface area (Å²) < 4.78 is 0. The van der Waals surface area contributed by atoms with Gasteiger partial charge in [0.15, 0.2) is 28.9 Å². The largest absolute Gasteiger partial charge is 0.378 e. The number of carbonyl (C=O) groups excluding carboxylic acids is 6. The van der Waals surface area contributed by atoms with Crippen LogP contribution in [0.3, 0.4) is 0 Å². The number of thiazole rings is 5. The van der Waals surface area contributed by atoms with Crippen LogP contribution in [-0.4, -0.2) is 107 Å². The minimum absolute atomic E-state index is 0.0129. The third-order valence-corrected chi connectivity index (χ3v) is 35.6. The zero-order valence-electron chi connectivity index (χ0n) is 83.4. The minimum atomic E-state index is -0.635. The molecule has 1 amide bonds. The molecular formula is C113H132N10O8S5. The predicted molar refractivity (Wildman–Crippen MR) is 556 cm³/mol. The highest BCUT2D eigenvalue weighted by Crippen LogP contribution is 2.63. The summed E-state index contributed by atoms with van der Waals surface area (Å²) >= 11 is 8.34. The molecule has 5 atom stereocenters. The number of amides is 1. The number of rotatable bonds is 15. The van der Waals surface area contributed by atoms with Gasteiger partial charge in [-0.3, -0.25) is 38.9 Å². The molecule has 0 fully saturated rings. The van der Waals surface area contributed by atoms with Gasteiger partial charge in [0.2, 0.25) is 5.91 Å². The van der Waals surface area contributed by atoms with Crippen molar-refractivity contribution in [3.63, 3.8) is 0 Å². The van der Waals surface area contributed by atoms with E-state index in [1.807, 2.05) is 51.8 Å². The van der Waals surface area contributed by atoms with E-state index in [1.54, 1.807) is 68.8 Å². The summed E-state index contributed by atoms with van der Waals surface area (Å²) in [6, 6.07) is 40.8. The topological polar surface area (TPSA) is 232 Å². The number of nitrogens with one attached hydrogen (secondary N) is 1. The number of ketones is 5. The van der Waals surface area contributed by atoms with Crippen molar-refractivity contribution in [2.75, 3.05) is 62.3 Å². The van der Waals surface area contributed by atoms with Crippen LogP contribution in [0.15, 0.2) is 205 Å². The molecular weight excluding hydrogens is 1790 g/mol. The number of hydrogen-bond acceptors (Lipinski definition) is 21. The third kappa shape index (κ3) is 17.5. The first-order valence-electron chi connectivity index (χ1n) is 48.3. The molecule has 136 heavy (non-hydrogen) atoms. The first kappa shape index (κ1) is 98.6. The molecule has 20 rings (SSSR count). The zero-order chi connectivity index (χ0) is 97.7. The molecule has 10 aliphatic carbocycles. The van der Waals surface area contributed by atoms with Gasteiger partial charge in [0.05, 0.1) is 88.0 Å². The Labute approximate surface area is 823 Å². The van der Waals surface area contributed by atoms with E-state index in [2.05, 4.69) is 255 Å². The highest BCUT2D eigenvalue weighted by atomic mass is 32.1. The van der Waals surface area contributed by atoms with E-state index in [4.69, 9.17) is 15.0 Å². The highest BCUT2D eigenvalue weighted by Gasteiger charge is 2.57. The molecule has 5 unspecified atom stereocenters. The van der Waals surface area contributed by atoms with Gasteiger partial charge >= 0.3 is 0 Å². The molecule has 0 saturated heterocycles. The molecule has 5 aromatic heterocycles. The number of nitro benzene ring substituents is 1. The number of aromatic nitrogens is 5. The lowest BCUT2D eigenvalue weighted by molar-refractivity contribution is -0.385. The molecule has 0 spiro atoms. The first-order valence-corrected chi connectivity index (χ1v) is 52.7. The second kappa shape index (κ2) is 37.4. The molecule has 0 radical (unpaired) electrons. The number of allylic oxidation sites excluding steroid dienone is 10. The Hall–Kier alpha value is -10.4. The van der Waals surface area contributed by atoms with Crippen LogP contribution < -0.4 is 20.0 Å². The van der Waals surface area contributed by atoms with Crippen molar-refractivity contribution in [2.24, 2.45) is 27.1 Å². The molecule has 18 nitrogen and oxygen atoms in total.